The molecule has 2 N–H and O–H groups in total. The molecule has 0 unspecified atom stereocenters. The SMILES string of the molecule is C[C@@H](c1ccccc1)N1C(=O)c2ccc(C(=O)OCC(=O)NNC(=O)c3ccc(Br)cc3)cc2C1=O. The highest BCUT2D eigenvalue weighted by Crippen LogP contribution is 2.31. The van der Waals surface area contributed by atoms with Gasteiger partial charge in [-0.05, 0) is 55.0 Å². The number of esters is 1. The Kier molecular flexibility index (Phi) is 7.25. The molecule has 1 heterocycles. The molecule has 0 aliphatic carbocycles. The van der Waals surface area contributed by atoms with E-state index in [1.807, 2.05) is 30.3 Å². The fraction of sp³-hybridized carbons (Fsp3) is 0.115. The maximum atomic E-state index is 13.0. The van der Waals surface area contributed by atoms with Crippen LogP contribution in [-0.2, 0) is 9.53 Å². The lowest BCUT2D eigenvalue weighted by atomic mass is 10.1. The van der Waals surface area contributed by atoms with E-state index in [9.17, 15) is 24.0 Å². The Labute approximate surface area is 214 Å². The van der Waals surface area contributed by atoms with Gasteiger partial charge in [0.05, 0.1) is 22.7 Å². The minimum Gasteiger partial charge on any atom is -0.452 e. The van der Waals surface area contributed by atoms with Crippen LogP contribution in [0.5, 0.6) is 0 Å². The van der Waals surface area contributed by atoms with Crippen LogP contribution in [0.4, 0.5) is 0 Å². The first-order valence-corrected chi connectivity index (χ1v) is 11.6. The van der Waals surface area contributed by atoms with Crippen molar-refractivity contribution in [1.29, 1.82) is 0 Å². The molecular weight excluding hydrogens is 530 g/mol. The minimum absolute atomic E-state index is 0.0100. The summed E-state index contributed by atoms with van der Waals surface area (Å²) in [7, 11) is 0. The quantitative estimate of drug-likeness (QED) is 0.276. The standard InChI is InChI=1S/C26H20BrN3O6/c1-15(16-5-3-2-4-6-16)30-24(33)20-12-9-18(13-21(20)25(30)34)26(35)36-14-22(31)28-29-23(32)17-7-10-19(27)11-8-17/h2-13,15H,14H2,1H3,(H,28,31)(H,29,32)/t15-/m0/s1. The molecule has 182 valence electrons. The number of benzene rings is 3. The van der Waals surface area contributed by atoms with Crippen LogP contribution in [-0.4, -0.2) is 41.1 Å². The van der Waals surface area contributed by atoms with E-state index in [0.29, 0.717) is 5.56 Å². The van der Waals surface area contributed by atoms with E-state index in [4.69, 9.17) is 4.74 Å². The van der Waals surface area contributed by atoms with Crippen molar-refractivity contribution in [3.05, 3.63) is 105 Å². The van der Waals surface area contributed by atoms with Gasteiger partial charge < -0.3 is 4.74 Å². The van der Waals surface area contributed by atoms with Crippen molar-refractivity contribution in [2.24, 2.45) is 0 Å². The van der Waals surface area contributed by atoms with E-state index in [0.717, 1.165) is 14.9 Å². The molecule has 10 heteroatoms. The Balaban J connectivity index is 1.35. The molecule has 0 saturated carbocycles. The first kappa shape index (κ1) is 24.8. The highest BCUT2D eigenvalue weighted by molar-refractivity contribution is 9.10. The molecule has 0 bridgehead atoms. The first-order valence-electron chi connectivity index (χ1n) is 10.8. The van der Waals surface area contributed by atoms with Crippen LogP contribution < -0.4 is 10.9 Å². The summed E-state index contributed by atoms with van der Waals surface area (Å²) in [4.78, 5) is 63.5. The van der Waals surface area contributed by atoms with Crippen molar-refractivity contribution in [2.45, 2.75) is 13.0 Å². The van der Waals surface area contributed by atoms with Crippen LogP contribution >= 0.6 is 15.9 Å². The van der Waals surface area contributed by atoms with Crippen molar-refractivity contribution >= 4 is 45.5 Å². The smallest absolute Gasteiger partial charge is 0.338 e. The largest absolute Gasteiger partial charge is 0.452 e. The number of imide groups is 1. The van der Waals surface area contributed by atoms with Gasteiger partial charge >= 0.3 is 5.97 Å². The van der Waals surface area contributed by atoms with Gasteiger partial charge in [0, 0.05) is 10.0 Å². The number of halogens is 1. The lowest BCUT2D eigenvalue weighted by molar-refractivity contribution is -0.125. The maximum Gasteiger partial charge on any atom is 0.338 e. The van der Waals surface area contributed by atoms with E-state index in [-0.39, 0.29) is 16.7 Å². The molecule has 4 amide bonds. The van der Waals surface area contributed by atoms with Crippen molar-refractivity contribution in [3.8, 4) is 0 Å². The van der Waals surface area contributed by atoms with Crippen molar-refractivity contribution in [3.63, 3.8) is 0 Å². The summed E-state index contributed by atoms with van der Waals surface area (Å²) >= 11 is 3.26. The Morgan fingerprint density at radius 1 is 0.861 bits per heavy atom. The normalized spacial score (nSPS) is 13.1. The summed E-state index contributed by atoms with van der Waals surface area (Å²) in [5.74, 6) is -3.13. The number of hydrogen-bond donors (Lipinski definition) is 2. The van der Waals surface area contributed by atoms with Gasteiger partial charge in [-0.15, -0.1) is 0 Å². The lowest BCUT2D eigenvalue weighted by Gasteiger charge is -2.22. The minimum atomic E-state index is -0.859. The summed E-state index contributed by atoms with van der Waals surface area (Å²) in [5, 5.41) is 0. The molecule has 1 aliphatic rings. The highest BCUT2D eigenvalue weighted by atomic mass is 79.9. The number of hydrogen-bond acceptors (Lipinski definition) is 6. The summed E-state index contributed by atoms with van der Waals surface area (Å²) in [5.41, 5.74) is 5.78. The molecule has 3 aromatic carbocycles. The first-order chi connectivity index (χ1) is 17.3. The van der Waals surface area contributed by atoms with Crippen molar-refractivity contribution in [2.75, 3.05) is 6.61 Å². The van der Waals surface area contributed by atoms with Gasteiger partial charge in [0.2, 0.25) is 0 Å². The molecule has 36 heavy (non-hydrogen) atoms. The van der Waals surface area contributed by atoms with Crippen LogP contribution in [0.3, 0.4) is 0 Å². The van der Waals surface area contributed by atoms with Gasteiger partial charge in [0.25, 0.3) is 23.6 Å². The van der Waals surface area contributed by atoms with Crippen LogP contribution in [0.1, 0.15) is 60.0 Å². The van der Waals surface area contributed by atoms with Crippen molar-refractivity contribution < 1.29 is 28.7 Å². The van der Waals surface area contributed by atoms with Gasteiger partial charge in [-0.2, -0.15) is 0 Å². The molecule has 1 atom stereocenters. The zero-order valence-corrected chi connectivity index (χ0v) is 20.6. The number of carbonyl (C=O) groups is 5. The third-order valence-electron chi connectivity index (χ3n) is 5.58. The number of carbonyl (C=O) groups excluding carboxylic acids is 5. The number of nitrogens with one attached hydrogen (secondary N) is 2. The molecular formula is C26H20BrN3O6. The van der Waals surface area contributed by atoms with E-state index in [1.165, 1.54) is 18.2 Å². The highest BCUT2D eigenvalue weighted by Gasteiger charge is 2.39. The summed E-state index contributed by atoms with van der Waals surface area (Å²) < 4.78 is 5.79. The van der Waals surface area contributed by atoms with E-state index >= 15 is 0 Å². The second kappa shape index (κ2) is 10.5. The van der Waals surface area contributed by atoms with Gasteiger partial charge in [-0.3, -0.25) is 34.9 Å². The Bertz CT molecular complexity index is 1360. The third-order valence-corrected chi connectivity index (χ3v) is 6.11. The molecule has 4 rings (SSSR count). The van der Waals surface area contributed by atoms with Gasteiger partial charge in [0.1, 0.15) is 0 Å². The molecule has 0 aromatic heterocycles. The molecule has 1 aliphatic heterocycles. The number of ether oxygens (including phenoxy) is 1. The Morgan fingerprint density at radius 3 is 2.19 bits per heavy atom. The molecule has 3 aromatic rings. The fourth-order valence-corrected chi connectivity index (χ4v) is 3.93. The summed E-state index contributed by atoms with van der Waals surface area (Å²) in [6, 6.07) is 19.1. The molecule has 0 spiro atoms. The number of rotatable bonds is 6. The number of nitrogens with zero attached hydrogens (tertiary/aromatic N) is 1. The zero-order chi connectivity index (χ0) is 25.8. The van der Waals surface area contributed by atoms with Crippen LogP contribution in [0.15, 0.2) is 77.3 Å². The van der Waals surface area contributed by atoms with Crippen LogP contribution in [0, 0.1) is 0 Å². The van der Waals surface area contributed by atoms with E-state index in [2.05, 4.69) is 26.8 Å². The second-order valence-corrected chi connectivity index (χ2v) is 8.83. The fourth-order valence-electron chi connectivity index (χ4n) is 3.67. The summed E-state index contributed by atoms with van der Waals surface area (Å²) in [6.45, 7) is 1.08. The average Bonchev–Trinajstić information content (AvgIpc) is 3.15. The predicted octanol–water partition coefficient (Wildman–Crippen LogP) is 3.42. The molecule has 9 nitrogen and oxygen atoms in total. The number of hydrazine groups is 1. The molecule has 0 fully saturated rings. The number of fused-ring (bicyclic) bond motifs is 1. The van der Waals surface area contributed by atoms with Gasteiger partial charge in [0.15, 0.2) is 6.61 Å². The number of amides is 4. The van der Waals surface area contributed by atoms with Gasteiger partial charge in [-0.25, -0.2) is 4.79 Å². The topological polar surface area (TPSA) is 122 Å². The van der Waals surface area contributed by atoms with Crippen molar-refractivity contribution in [1.82, 2.24) is 15.8 Å². The lowest BCUT2D eigenvalue weighted by Crippen LogP contribution is -2.43. The van der Waals surface area contributed by atoms with Crippen LogP contribution in [0.25, 0.3) is 0 Å². The third kappa shape index (κ3) is 5.18. The summed E-state index contributed by atoms with van der Waals surface area (Å²) in [6.07, 6.45) is 0. The zero-order valence-electron chi connectivity index (χ0n) is 19.0. The van der Waals surface area contributed by atoms with Crippen LogP contribution in [0.2, 0.25) is 0 Å². The van der Waals surface area contributed by atoms with E-state index in [1.54, 1.807) is 31.2 Å². The Hall–Kier alpha value is -4.31. The predicted molar refractivity (Wildman–Crippen MR) is 132 cm³/mol. The van der Waals surface area contributed by atoms with E-state index < -0.39 is 42.2 Å². The molecule has 0 radical (unpaired) electrons. The maximum absolute atomic E-state index is 13.0. The molecule has 0 saturated heterocycles. The second-order valence-electron chi connectivity index (χ2n) is 7.91. The van der Waals surface area contributed by atoms with Gasteiger partial charge in [-0.1, -0.05) is 46.3 Å². The average molecular weight is 550 g/mol. The monoisotopic (exact) mass is 549 g/mol. The Morgan fingerprint density at radius 2 is 1.50 bits per heavy atom.